The number of halogens is 2. The van der Waals surface area contributed by atoms with Crippen LogP contribution in [-0.4, -0.2) is 9.97 Å². The van der Waals surface area contributed by atoms with Crippen molar-refractivity contribution in [3.05, 3.63) is 85.2 Å². The molecule has 2 aromatic carbocycles. The SMILES string of the molecule is Cc1nc(Nc2ccc(Br)cc2)[nH]c(=O)c1Cc1ccc(Cl)cc1. The fraction of sp³-hybridized carbons (Fsp3) is 0.111. The number of nitrogens with one attached hydrogen (secondary N) is 2. The molecule has 0 amide bonds. The van der Waals surface area contributed by atoms with Crippen molar-refractivity contribution in [2.45, 2.75) is 13.3 Å². The molecule has 0 aliphatic rings. The van der Waals surface area contributed by atoms with Crippen molar-refractivity contribution in [3.63, 3.8) is 0 Å². The summed E-state index contributed by atoms with van der Waals surface area (Å²) in [5, 5.41) is 3.78. The molecule has 0 bridgehead atoms. The molecule has 1 aromatic heterocycles. The number of hydrogen-bond acceptors (Lipinski definition) is 3. The number of anilines is 2. The van der Waals surface area contributed by atoms with Gasteiger partial charge in [-0.2, -0.15) is 0 Å². The Morgan fingerprint density at radius 2 is 1.79 bits per heavy atom. The Morgan fingerprint density at radius 1 is 1.12 bits per heavy atom. The van der Waals surface area contributed by atoms with E-state index < -0.39 is 0 Å². The second-order valence-electron chi connectivity index (χ2n) is 5.41. The lowest BCUT2D eigenvalue weighted by atomic mass is 10.1. The molecular formula is C18H15BrClN3O. The number of aromatic nitrogens is 2. The average molecular weight is 405 g/mol. The highest BCUT2D eigenvalue weighted by Gasteiger charge is 2.09. The van der Waals surface area contributed by atoms with Gasteiger partial charge in [0.2, 0.25) is 5.95 Å². The summed E-state index contributed by atoms with van der Waals surface area (Å²) in [4.78, 5) is 19.7. The summed E-state index contributed by atoms with van der Waals surface area (Å²) in [6, 6.07) is 15.1. The zero-order valence-corrected chi connectivity index (χ0v) is 15.3. The maximum absolute atomic E-state index is 12.4. The predicted molar refractivity (Wildman–Crippen MR) is 101 cm³/mol. The minimum absolute atomic E-state index is 0.142. The molecule has 0 radical (unpaired) electrons. The van der Waals surface area contributed by atoms with Gasteiger partial charge in [0.15, 0.2) is 0 Å². The molecule has 0 spiro atoms. The van der Waals surface area contributed by atoms with E-state index in [0.717, 1.165) is 15.7 Å². The molecule has 4 nitrogen and oxygen atoms in total. The molecule has 0 saturated carbocycles. The van der Waals surface area contributed by atoms with Gasteiger partial charge in [-0.1, -0.05) is 39.7 Å². The number of benzene rings is 2. The number of aromatic amines is 1. The lowest BCUT2D eigenvalue weighted by Gasteiger charge is -2.09. The van der Waals surface area contributed by atoms with Crippen LogP contribution in [0.1, 0.15) is 16.8 Å². The zero-order chi connectivity index (χ0) is 17.1. The van der Waals surface area contributed by atoms with Gasteiger partial charge in [-0.3, -0.25) is 9.78 Å². The third-order valence-corrected chi connectivity index (χ3v) is 4.40. The fourth-order valence-electron chi connectivity index (χ4n) is 2.35. The second-order valence-corrected chi connectivity index (χ2v) is 6.77. The van der Waals surface area contributed by atoms with Crippen molar-refractivity contribution in [3.8, 4) is 0 Å². The minimum Gasteiger partial charge on any atom is -0.326 e. The Balaban J connectivity index is 1.84. The van der Waals surface area contributed by atoms with Crippen molar-refractivity contribution in [2.24, 2.45) is 0 Å². The smallest absolute Gasteiger partial charge is 0.256 e. The fourth-order valence-corrected chi connectivity index (χ4v) is 2.74. The first kappa shape index (κ1) is 16.7. The molecule has 0 aliphatic heterocycles. The summed E-state index contributed by atoms with van der Waals surface area (Å²) >= 11 is 9.28. The first-order chi connectivity index (χ1) is 11.5. The third-order valence-electron chi connectivity index (χ3n) is 3.62. The van der Waals surface area contributed by atoms with Crippen molar-refractivity contribution in [1.82, 2.24) is 9.97 Å². The lowest BCUT2D eigenvalue weighted by Crippen LogP contribution is -2.18. The summed E-state index contributed by atoms with van der Waals surface area (Å²) in [6.45, 7) is 1.84. The van der Waals surface area contributed by atoms with E-state index in [1.54, 1.807) is 0 Å². The quantitative estimate of drug-likeness (QED) is 0.655. The van der Waals surface area contributed by atoms with E-state index in [9.17, 15) is 4.79 Å². The summed E-state index contributed by atoms with van der Waals surface area (Å²) in [7, 11) is 0. The zero-order valence-electron chi connectivity index (χ0n) is 12.9. The Morgan fingerprint density at radius 3 is 2.42 bits per heavy atom. The number of rotatable bonds is 4. The second kappa shape index (κ2) is 7.20. The van der Waals surface area contributed by atoms with Crippen LogP contribution < -0.4 is 10.9 Å². The van der Waals surface area contributed by atoms with E-state index in [2.05, 4.69) is 31.2 Å². The molecule has 0 unspecified atom stereocenters. The topological polar surface area (TPSA) is 57.8 Å². The molecule has 0 aliphatic carbocycles. The molecule has 6 heteroatoms. The Bertz CT molecular complexity index is 905. The van der Waals surface area contributed by atoms with E-state index >= 15 is 0 Å². The van der Waals surface area contributed by atoms with Crippen LogP contribution in [0.25, 0.3) is 0 Å². The molecule has 0 atom stereocenters. The average Bonchev–Trinajstić information content (AvgIpc) is 2.55. The van der Waals surface area contributed by atoms with Crippen LogP contribution in [0.2, 0.25) is 5.02 Å². The van der Waals surface area contributed by atoms with E-state index in [4.69, 9.17) is 11.6 Å². The molecule has 0 saturated heterocycles. The van der Waals surface area contributed by atoms with Gasteiger partial charge < -0.3 is 5.32 Å². The highest BCUT2D eigenvalue weighted by Crippen LogP contribution is 2.18. The van der Waals surface area contributed by atoms with Crippen LogP contribution in [0, 0.1) is 6.92 Å². The van der Waals surface area contributed by atoms with Crippen LogP contribution in [0.15, 0.2) is 57.8 Å². The molecular weight excluding hydrogens is 390 g/mol. The summed E-state index contributed by atoms with van der Waals surface area (Å²) in [5.41, 5.74) is 3.08. The number of H-pyrrole nitrogens is 1. The standard InChI is InChI=1S/C18H15BrClN3O/c1-11-16(10-12-2-6-14(20)7-3-12)17(24)23-18(21-11)22-15-8-4-13(19)5-9-15/h2-9H,10H2,1H3,(H2,21,22,23,24). The summed E-state index contributed by atoms with van der Waals surface area (Å²) in [5.74, 6) is 0.430. The number of hydrogen-bond donors (Lipinski definition) is 2. The van der Waals surface area contributed by atoms with Gasteiger partial charge >= 0.3 is 0 Å². The van der Waals surface area contributed by atoms with Crippen LogP contribution in [0.3, 0.4) is 0 Å². The van der Waals surface area contributed by atoms with Crippen LogP contribution in [-0.2, 0) is 6.42 Å². The highest BCUT2D eigenvalue weighted by atomic mass is 79.9. The van der Waals surface area contributed by atoms with E-state index in [-0.39, 0.29) is 5.56 Å². The molecule has 0 fully saturated rings. The van der Waals surface area contributed by atoms with E-state index in [1.807, 2.05) is 55.5 Å². The van der Waals surface area contributed by atoms with Gasteiger partial charge in [-0.15, -0.1) is 0 Å². The first-order valence-corrected chi connectivity index (χ1v) is 8.55. The lowest BCUT2D eigenvalue weighted by molar-refractivity contribution is 0.986. The third kappa shape index (κ3) is 4.04. The van der Waals surface area contributed by atoms with Crippen molar-refractivity contribution in [2.75, 3.05) is 5.32 Å². The maximum atomic E-state index is 12.4. The van der Waals surface area contributed by atoms with Gasteiger partial charge in [0.25, 0.3) is 5.56 Å². The molecule has 122 valence electrons. The molecule has 1 heterocycles. The Kier molecular flexibility index (Phi) is 5.02. The van der Waals surface area contributed by atoms with Crippen molar-refractivity contribution >= 4 is 39.2 Å². The van der Waals surface area contributed by atoms with Crippen LogP contribution in [0.4, 0.5) is 11.6 Å². The van der Waals surface area contributed by atoms with Crippen LogP contribution in [0.5, 0.6) is 0 Å². The largest absolute Gasteiger partial charge is 0.326 e. The summed E-state index contributed by atoms with van der Waals surface area (Å²) < 4.78 is 0.990. The molecule has 3 rings (SSSR count). The summed E-state index contributed by atoms with van der Waals surface area (Å²) in [6.07, 6.45) is 0.518. The van der Waals surface area contributed by atoms with Crippen molar-refractivity contribution in [1.29, 1.82) is 0 Å². The highest BCUT2D eigenvalue weighted by molar-refractivity contribution is 9.10. The van der Waals surface area contributed by atoms with Gasteiger partial charge in [-0.05, 0) is 48.9 Å². The van der Waals surface area contributed by atoms with Gasteiger partial charge in [0, 0.05) is 27.2 Å². The maximum Gasteiger partial charge on any atom is 0.256 e. The monoisotopic (exact) mass is 403 g/mol. The van der Waals surface area contributed by atoms with Crippen LogP contribution >= 0.6 is 27.5 Å². The normalized spacial score (nSPS) is 10.6. The Hall–Kier alpha value is -2.11. The molecule has 2 N–H and O–H groups in total. The van der Waals surface area contributed by atoms with Gasteiger partial charge in [0.1, 0.15) is 0 Å². The Labute approximate surface area is 153 Å². The van der Waals surface area contributed by atoms with E-state index in [1.165, 1.54) is 0 Å². The molecule has 3 aromatic rings. The van der Waals surface area contributed by atoms with Gasteiger partial charge in [-0.25, -0.2) is 4.98 Å². The first-order valence-electron chi connectivity index (χ1n) is 7.38. The van der Waals surface area contributed by atoms with Crippen molar-refractivity contribution < 1.29 is 0 Å². The molecule has 24 heavy (non-hydrogen) atoms. The number of aryl methyl sites for hydroxylation is 1. The van der Waals surface area contributed by atoms with E-state index in [0.29, 0.717) is 28.6 Å². The predicted octanol–water partition coefficient (Wildman–Crippen LogP) is 4.83. The number of nitrogens with zero attached hydrogens (tertiary/aromatic N) is 1. The van der Waals surface area contributed by atoms with Gasteiger partial charge in [0.05, 0.1) is 5.69 Å². The minimum atomic E-state index is -0.142.